The lowest BCUT2D eigenvalue weighted by atomic mass is 9.79. The van der Waals surface area contributed by atoms with Crippen LogP contribution in [0.4, 0.5) is 4.39 Å². The summed E-state index contributed by atoms with van der Waals surface area (Å²) in [6.45, 7) is 7.14. The summed E-state index contributed by atoms with van der Waals surface area (Å²) in [5.41, 5.74) is 2.65. The second-order valence-electron chi connectivity index (χ2n) is 7.71. The minimum Gasteiger partial charge on any atom is -0.497 e. The summed E-state index contributed by atoms with van der Waals surface area (Å²) >= 11 is 0. The Hall–Kier alpha value is -1.91. The number of methoxy groups -OCH3 is 2. The molecule has 3 nitrogen and oxygen atoms in total. The highest BCUT2D eigenvalue weighted by Gasteiger charge is 2.24. The number of benzene rings is 2. The van der Waals surface area contributed by atoms with E-state index in [1.165, 1.54) is 0 Å². The molecule has 0 radical (unpaired) electrons. The molecule has 0 heterocycles. The molecule has 0 amide bonds. The highest BCUT2D eigenvalue weighted by atomic mass is 19.1. The van der Waals surface area contributed by atoms with Gasteiger partial charge in [0.15, 0.2) is 0 Å². The van der Waals surface area contributed by atoms with E-state index in [0.717, 1.165) is 62.3 Å². The van der Waals surface area contributed by atoms with Gasteiger partial charge in [-0.25, -0.2) is 4.39 Å². The molecule has 0 bridgehead atoms. The molecule has 160 valence electrons. The van der Waals surface area contributed by atoms with E-state index in [1.807, 2.05) is 30.3 Å². The number of halogens is 1. The van der Waals surface area contributed by atoms with Crippen molar-refractivity contribution in [1.29, 1.82) is 0 Å². The van der Waals surface area contributed by atoms with Gasteiger partial charge in [-0.15, -0.1) is 0 Å². The molecule has 0 aliphatic carbocycles. The third kappa shape index (κ3) is 6.83. The van der Waals surface area contributed by atoms with Crippen molar-refractivity contribution in [3.05, 3.63) is 53.8 Å². The number of rotatable bonds is 13. The van der Waals surface area contributed by atoms with Crippen LogP contribution in [0.15, 0.2) is 42.5 Å². The van der Waals surface area contributed by atoms with Gasteiger partial charge in [0, 0.05) is 19.3 Å². The third-order valence-electron chi connectivity index (χ3n) is 5.50. The number of nitrogens with one attached hydrogen (secondary N) is 1. The van der Waals surface area contributed by atoms with E-state index in [9.17, 15) is 0 Å². The topological polar surface area (TPSA) is 30.5 Å². The first-order valence-electron chi connectivity index (χ1n) is 10.7. The van der Waals surface area contributed by atoms with Gasteiger partial charge in [0.1, 0.15) is 11.6 Å². The molecule has 0 aromatic heterocycles. The van der Waals surface area contributed by atoms with E-state index in [1.54, 1.807) is 20.3 Å². The van der Waals surface area contributed by atoms with Crippen molar-refractivity contribution in [1.82, 2.24) is 5.32 Å². The number of hydrogen-bond donors (Lipinski definition) is 1. The van der Waals surface area contributed by atoms with Crippen LogP contribution in [-0.4, -0.2) is 33.9 Å². The molecule has 0 spiro atoms. The number of hydrogen-bond acceptors (Lipinski definition) is 3. The molecule has 0 saturated heterocycles. The second-order valence-corrected chi connectivity index (χ2v) is 7.71. The Balaban J connectivity index is 2.38. The first kappa shape index (κ1) is 23.4. The fourth-order valence-electron chi connectivity index (χ4n) is 3.94. The molecule has 0 aliphatic heterocycles. The zero-order valence-corrected chi connectivity index (χ0v) is 18.3. The SMILES string of the molecule is CCCNCC(C)C(CCCCOC)c1cccc(F)c1-c1cccc(OC)c1. The average Bonchev–Trinajstić information content (AvgIpc) is 2.74. The van der Waals surface area contributed by atoms with Crippen LogP contribution >= 0.6 is 0 Å². The summed E-state index contributed by atoms with van der Waals surface area (Å²) in [4.78, 5) is 0. The van der Waals surface area contributed by atoms with E-state index in [4.69, 9.17) is 9.47 Å². The molecule has 2 atom stereocenters. The van der Waals surface area contributed by atoms with E-state index in [2.05, 4.69) is 25.2 Å². The minimum atomic E-state index is -0.175. The van der Waals surface area contributed by atoms with Crippen LogP contribution in [-0.2, 0) is 4.74 Å². The summed E-state index contributed by atoms with van der Waals surface area (Å²) in [6.07, 6.45) is 4.20. The molecule has 0 aliphatic rings. The van der Waals surface area contributed by atoms with Crippen molar-refractivity contribution in [3.63, 3.8) is 0 Å². The normalized spacial score (nSPS) is 13.3. The van der Waals surface area contributed by atoms with Gasteiger partial charge in [-0.1, -0.05) is 44.5 Å². The van der Waals surface area contributed by atoms with Gasteiger partial charge in [-0.05, 0) is 73.5 Å². The van der Waals surface area contributed by atoms with Gasteiger partial charge in [-0.2, -0.15) is 0 Å². The van der Waals surface area contributed by atoms with Crippen molar-refractivity contribution in [2.24, 2.45) is 5.92 Å². The van der Waals surface area contributed by atoms with Crippen LogP contribution in [0.1, 0.15) is 51.0 Å². The maximum atomic E-state index is 15.1. The van der Waals surface area contributed by atoms with E-state index in [0.29, 0.717) is 11.5 Å². The fourth-order valence-corrected chi connectivity index (χ4v) is 3.94. The monoisotopic (exact) mass is 401 g/mol. The molecular formula is C25H36FNO2. The van der Waals surface area contributed by atoms with Gasteiger partial charge < -0.3 is 14.8 Å². The van der Waals surface area contributed by atoms with Gasteiger partial charge in [-0.3, -0.25) is 0 Å². The van der Waals surface area contributed by atoms with Gasteiger partial charge in [0.2, 0.25) is 0 Å². The molecule has 2 rings (SSSR count). The Kier molecular flexibility index (Phi) is 10.2. The van der Waals surface area contributed by atoms with Crippen LogP contribution in [0.2, 0.25) is 0 Å². The first-order valence-corrected chi connectivity index (χ1v) is 10.7. The molecule has 2 aromatic rings. The highest BCUT2D eigenvalue weighted by Crippen LogP contribution is 2.39. The van der Waals surface area contributed by atoms with Crippen LogP contribution in [0.5, 0.6) is 5.75 Å². The van der Waals surface area contributed by atoms with Crippen molar-refractivity contribution in [3.8, 4) is 16.9 Å². The van der Waals surface area contributed by atoms with Gasteiger partial charge in [0.25, 0.3) is 0 Å². The quantitative estimate of drug-likeness (QED) is 0.415. The summed E-state index contributed by atoms with van der Waals surface area (Å²) < 4.78 is 25.7. The van der Waals surface area contributed by atoms with Crippen molar-refractivity contribution >= 4 is 0 Å². The molecule has 0 saturated carbocycles. The van der Waals surface area contributed by atoms with Crippen LogP contribution in [0.25, 0.3) is 11.1 Å². The predicted molar refractivity (Wildman–Crippen MR) is 119 cm³/mol. The zero-order chi connectivity index (χ0) is 21.1. The lowest BCUT2D eigenvalue weighted by molar-refractivity contribution is 0.190. The maximum absolute atomic E-state index is 15.1. The van der Waals surface area contributed by atoms with Crippen LogP contribution in [0, 0.1) is 11.7 Å². The third-order valence-corrected chi connectivity index (χ3v) is 5.50. The molecule has 29 heavy (non-hydrogen) atoms. The van der Waals surface area contributed by atoms with E-state index in [-0.39, 0.29) is 11.7 Å². The largest absolute Gasteiger partial charge is 0.497 e. The summed E-state index contributed by atoms with van der Waals surface area (Å²) in [5.74, 6) is 1.24. The molecule has 4 heteroatoms. The second kappa shape index (κ2) is 12.6. The Morgan fingerprint density at radius 1 is 1.07 bits per heavy atom. The highest BCUT2D eigenvalue weighted by molar-refractivity contribution is 5.70. The lowest BCUT2D eigenvalue weighted by Gasteiger charge is -2.27. The maximum Gasteiger partial charge on any atom is 0.131 e. The fraction of sp³-hybridized carbons (Fsp3) is 0.520. The Bertz CT molecular complexity index is 735. The van der Waals surface area contributed by atoms with E-state index >= 15 is 4.39 Å². The van der Waals surface area contributed by atoms with Gasteiger partial charge >= 0.3 is 0 Å². The lowest BCUT2D eigenvalue weighted by Crippen LogP contribution is -2.26. The number of unbranched alkanes of at least 4 members (excludes halogenated alkanes) is 1. The van der Waals surface area contributed by atoms with Crippen molar-refractivity contribution in [2.45, 2.75) is 45.4 Å². The molecule has 2 unspecified atom stereocenters. The summed E-state index contributed by atoms with van der Waals surface area (Å²) in [6, 6.07) is 13.2. The summed E-state index contributed by atoms with van der Waals surface area (Å²) in [7, 11) is 3.38. The van der Waals surface area contributed by atoms with Crippen molar-refractivity contribution < 1.29 is 13.9 Å². The molecule has 1 N–H and O–H groups in total. The summed E-state index contributed by atoms with van der Waals surface area (Å²) in [5, 5.41) is 3.54. The molecular weight excluding hydrogens is 365 g/mol. The van der Waals surface area contributed by atoms with E-state index < -0.39 is 0 Å². The zero-order valence-electron chi connectivity index (χ0n) is 18.3. The van der Waals surface area contributed by atoms with Gasteiger partial charge in [0.05, 0.1) is 7.11 Å². The number of ether oxygens (including phenoxy) is 2. The Labute approximate surface area is 175 Å². The Morgan fingerprint density at radius 3 is 2.59 bits per heavy atom. The molecule has 2 aromatic carbocycles. The minimum absolute atomic E-state index is 0.175. The smallest absolute Gasteiger partial charge is 0.131 e. The van der Waals surface area contributed by atoms with Crippen LogP contribution < -0.4 is 10.1 Å². The first-order chi connectivity index (χ1) is 14.1. The van der Waals surface area contributed by atoms with Crippen molar-refractivity contribution in [2.75, 3.05) is 33.9 Å². The standard InChI is InChI=1S/C25H36FNO2/c1-5-15-27-18-19(2)22(12-6-7-16-28-3)23-13-9-14-24(26)25(23)20-10-8-11-21(17-20)29-4/h8-11,13-14,17,19,22,27H,5-7,12,15-16,18H2,1-4H3. The van der Waals surface area contributed by atoms with Crippen LogP contribution in [0.3, 0.4) is 0 Å². The predicted octanol–water partition coefficient (Wildman–Crippen LogP) is 6.04. The molecule has 0 fully saturated rings. The Morgan fingerprint density at radius 2 is 1.86 bits per heavy atom. The average molecular weight is 402 g/mol.